The lowest BCUT2D eigenvalue weighted by Gasteiger charge is -2.12. The highest BCUT2D eigenvalue weighted by atomic mass is 35.5. The van der Waals surface area contributed by atoms with Crippen molar-refractivity contribution in [1.82, 2.24) is 0 Å². The van der Waals surface area contributed by atoms with Crippen LogP contribution >= 0.6 is 11.6 Å². The fourth-order valence-corrected chi connectivity index (χ4v) is 0.434. The Morgan fingerprint density at radius 3 is 2.50 bits per heavy atom. The fraction of sp³-hybridized carbons (Fsp3) is 0.625. The Balaban J connectivity index is 3.86. The van der Waals surface area contributed by atoms with Crippen molar-refractivity contribution in [3.05, 3.63) is 12.3 Å². The summed E-state index contributed by atoms with van der Waals surface area (Å²) in [7, 11) is 0. The van der Waals surface area contributed by atoms with Gasteiger partial charge in [0, 0.05) is 23.7 Å². The van der Waals surface area contributed by atoms with E-state index in [9.17, 15) is 0 Å². The van der Waals surface area contributed by atoms with E-state index in [2.05, 4.69) is 4.99 Å². The van der Waals surface area contributed by atoms with Gasteiger partial charge in [-0.2, -0.15) is 0 Å². The van der Waals surface area contributed by atoms with Crippen LogP contribution in [0.1, 0.15) is 20.8 Å². The molecule has 0 aromatic carbocycles. The topological polar surface area (TPSA) is 12.4 Å². The van der Waals surface area contributed by atoms with E-state index in [0.717, 1.165) is 0 Å². The molecule has 0 radical (unpaired) electrons. The molecule has 0 aliphatic rings. The molecular formula is C8H14ClN. The summed E-state index contributed by atoms with van der Waals surface area (Å²) in [5, 5.41) is 0. The minimum atomic E-state index is 0.0149. The number of alkyl halides is 1. The van der Waals surface area contributed by atoms with E-state index in [1.165, 1.54) is 0 Å². The van der Waals surface area contributed by atoms with Gasteiger partial charge in [-0.1, -0.05) is 19.9 Å². The third-order valence-corrected chi connectivity index (χ3v) is 1.69. The van der Waals surface area contributed by atoms with Gasteiger partial charge in [0.15, 0.2) is 0 Å². The second-order valence-corrected chi connectivity index (χ2v) is 3.15. The Hall–Kier alpha value is -0.300. The molecule has 2 heteroatoms. The molecule has 0 aliphatic heterocycles. The standard InChI is InChI=1S/C8H14ClN/c1-4-5-10-7-8(2,3)6-9/h4-5,7H,6H2,1-3H3/b5-4-,10-7?. The summed E-state index contributed by atoms with van der Waals surface area (Å²) in [5.41, 5.74) is 0.0149. The first-order chi connectivity index (χ1) is 4.62. The van der Waals surface area contributed by atoms with E-state index >= 15 is 0 Å². The molecule has 58 valence electrons. The molecule has 0 unspecified atom stereocenters. The lowest BCUT2D eigenvalue weighted by Crippen LogP contribution is -2.14. The highest BCUT2D eigenvalue weighted by Gasteiger charge is 2.11. The van der Waals surface area contributed by atoms with Crippen molar-refractivity contribution < 1.29 is 0 Å². The number of hydrogen-bond donors (Lipinski definition) is 0. The minimum absolute atomic E-state index is 0.0149. The van der Waals surface area contributed by atoms with Crippen molar-refractivity contribution in [1.29, 1.82) is 0 Å². The molecule has 0 bridgehead atoms. The lowest BCUT2D eigenvalue weighted by molar-refractivity contribution is 0.615. The van der Waals surface area contributed by atoms with Crippen LogP contribution in [-0.4, -0.2) is 12.1 Å². The van der Waals surface area contributed by atoms with Gasteiger partial charge >= 0.3 is 0 Å². The molecule has 0 saturated carbocycles. The molecule has 0 aromatic heterocycles. The van der Waals surface area contributed by atoms with E-state index in [1.54, 1.807) is 6.20 Å². The third-order valence-electron chi connectivity index (χ3n) is 1.00. The number of hydrogen-bond acceptors (Lipinski definition) is 1. The lowest BCUT2D eigenvalue weighted by atomic mass is 9.99. The molecule has 0 N–H and O–H groups in total. The third kappa shape index (κ3) is 4.57. The van der Waals surface area contributed by atoms with Crippen LogP contribution in [0.5, 0.6) is 0 Å². The van der Waals surface area contributed by atoms with Gasteiger partial charge < -0.3 is 0 Å². The summed E-state index contributed by atoms with van der Waals surface area (Å²) in [6.45, 7) is 6.03. The maximum Gasteiger partial charge on any atom is 0.0324 e. The number of nitrogens with zero attached hydrogens (tertiary/aromatic N) is 1. The summed E-state index contributed by atoms with van der Waals surface area (Å²) in [4.78, 5) is 4.04. The zero-order chi connectivity index (χ0) is 8.04. The first-order valence-corrected chi connectivity index (χ1v) is 3.87. The van der Waals surface area contributed by atoms with Crippen LogP contribution in [0.3, 0.4) is 0 Å². The van der Waals surface area contributed by atoms with Crippen LogP contribution in [0.2, 0.25) is 0 Å². The summed E-state index contributed by atoms with van der Waals surface area (Å²) in [5.74, 6) is 0.605. The van der Waals surface area contributed by atoms with Crippen LogP contribution in [0, 0.1) is 5.41 Å². The van der Waals surface area contributed by atoms with Crippen LogP contribution in [-0.2, 0) is 0 Å². The largest absolute Gasteiger partial charge is 0.269 e. The maximum absolute atomic E-state index is 5.66. The Morgan fingerprint density at radius 1 is 1.50 bits per heavy atom. The van der Waals surface area contributed by atoms with E-state index in [1.807, 2.05) is 33.1 Å². The fourth-order valence-electron chi connectivity index (χ4n) is 0.365. The number of allylic oxidation sites excluding steroid dienone is 1. The smallest absolute Gasteiger partial charge is 0.0324 e. The molecule has 0 atom stereocenters. The molecule has 10 heavy (non-hydrogen) atoms. The molecule has 0 rings (SSSR count). The van der Waals surface area contributed by atoms with Crippen molar-refractivity contribution in [3.63, 3.8) is 0 Å². The van der Waals surface area contributed by atoms with Gasteiger partial charge in [0.05, 0.1) is 0 Å². The zero-order valence-corrected chi connectivity index (χ0v) is 7.52. The second-order valence-electron chi connectivity index (χ2n) is 2.88. The Kier molecular flexibility index (Phi) is 4.37. The normalized spacial score (nSPS) is 13.6. The average molecular weight is 160 g/mol. The Morgan fingerprint density at radius 2 is 2.10 bits per heavy atom. The van der Waals surface area contributed by atoms with Crippen molar-refractivity contribution in [2.45, 2.75) is 20.8 Å². The number of rotatable bonds is 3. The van der Waals surface area contributed by atoms with Crippen LogP contribution in [0.15, 0.2) is 17.3 Å². The van der Waals surface area contributed by atoms with Gasteiger partial charge in [-0.15, -0.1) is 11.6 Å². The van der Waals surface area contributed by atoms with Gasteiger partial charge in [0.1, 0.15) is 0 Å². The number of aliphatic imine (C=N–C) groups is 1. The molecule has 0 aliphatic carbocycles. The van der Waals surface area contributed by atoms with Crippen molar-refractivity contribution in [2.75, 3.05) is 5.88 Å². The zero-order valence-electron chi connectivity index (χ0n) is 6.76. The van der Waals surface area contributed by atoms with Gasteiger partial charge in [-0.3, -0.25) is 4.99 Å². The molecule has 0 heterocycles. The highest BCUT2D eigenvalue weighted by molar-refractivity contribution is 6.19. The monoisotopic (exact) mass is 159 g/mol. The molecule has 0 spiro atoms. The van der Waals surface area contributed by atoms with Gasteiger partial charge in [0.2, 0.25) is 0 Å². The first-order valence-electron chi connectivity index (χ1n) is 3.34. The summed E-state index contributed by atoms with van der Waals surface area (Å²) in [6, 6.07) is 0. The molecule has 0 saturated heterocycles. The first kappa shape index (κ1) is 9.70. The van der Waals surface area contributed by atoms with Crippen molar-refractivity contribution in [3.8, 4) is 0 Å². The number of halogens is 1. The maximum atomic E-state index is 5.66. The highest BCUT2D eigenvalue weighted by Crippen LogP contribution is 2.13. The van der Waals surface area contributed by atoms with Gasteiger partial charge in [-0.25, -0.2) is 0 Å². The molecule has 0 amide bonds. The molecular weight excluding hydrogens is 146 g/mol. The quantitative estimate of drug-likeness (QED) is 0.444. The van der Waals surface area contributed by atoms with Gasteiger partial charge in [-0.05, 0) is 6.92 Å². The van der Waals surface area contributed by atoms with Crippen molar-refractivity contribution in [2.24, 2.45) is 10.4 Å². The van der Waals surface area contributed by atoms with E-state index in [4.69, 9.17) is 11.6 Å². The summed E-state index contributed by atoms with van der Waals surface area (Å²) in [6.07, 6.45) is 5.51. The van der Waals surface area contributed by atoms with Crippen LogP contribution < -0.4 is 0 Å². The van der Waals surface area contributed by atoms with Crippen LogP contribution in [0.25, 0.3) is 0 Å². The second kappa shape index (κ2) is 4.51. The predicted molar refractivity (Wildman–Crippen MR) is 47.8 cm³/mol. The molecule has 1 nitrogen and oxygen atoms in total. The van der Waals surface area contributed by atoms with Gasteiger partial charge in [0.25, 0.3) is 0 Å². The molecule has 0 fully saturated rings. The minimum Gasteiger partial charge on any atom is -0.269 e. The molecule has 0 aromatic rings. The Bertz CT molecular complexity index is 136. The summed E-state index contributed by atoms with van der Waals surface area (Å²) >= 11 is 5.66. The predicted octanol–water partition coefficient (Wildman–Crippen LogP) is 2.86. The van der Waals surface area contributed by atoms with E-state index in [0.29, 0.717) is 5.88 Å². The van der Waals surface area contributed by atoms with Crippen LogP contribution in [0.4, 0.5) is 0 Å². The van der Waals surface area contributed by atoms with E-state index < -0.39 is 0 Å². The van der Waals surface area contributed by atoms with Crippen molar-refractivity contribution >= 4 is 17.8 Å². The summed E-state index contributed by atoms with van der Waals surface area (Å²) < 4.78 is 0. The van der Waals surface area contributed by atoms with E-state index in [-0.39, 0.29) is 5.41 Å². The SMILES string of the molecule is C/C=C\N=CC(C)(C)CCl. The Labute approximate surface area is 67.8 Å². The average Bonchev–Trinajstić information content (AvgIpc) is 1.89.